The summed E-state index contributed by atoms with van der Waals surface area (Å²) < 4.78 is 1.50. The van der Waals surface area contributed by atoms with Crippen LogP contribution >= 0.6 is 34.8 Å². The van der Waals surface area contributed by atoms with E-state index in [4.69, 9.17) is 34.8 Å². The Morgan fingerprint density at radius 1 is 1.23 bits per heavy atom. The number of hydrogen-bond acceptors (Lipinski definition) is 5. The number of carbonyl (C=O) groups is 1. The van der Waals surface area contributed by atoms with E-state index in [-0.39, 0.29) is 16.5 Å². The molecule has 9 nitrogen and oxygen atoms in total. The van der Waals surface area contributed by atoms with E-state index >= 15 is 0 Å². The highest BCUT2D eigenvalue weighted by molar-refractivity contribution is 6.42. The lowest BCUT2D eigenvalue weighted by atomic mass is 10.2. The number of carbonyl (C=O) groups excluding carboxylic acids is 1. The summed E-state index contributed by atoms with van der Waals surface area (Å²) in [5.41, 5.74) is 0.672. The number of amides is 1. The summed E-state index contributed by atoms with van der Waals surface area (Å²) >= 11 is 17.9. The standard InChI is InChI=1S/C14H9Cl3N6O3/c15-8-2-1-7(3-9(8)16)5-22-6-10(17)13(21-22)18-14(24)11-4-12(20-19-11)23(25)26/h1-4,6H,5H2,(H,19,20)(H,18,21,24). The fraction of sp³-hybridized carbons (Fsp3) is 0.0714. The number of nitrogens with zero attached hydrogens (tertiary/aromatic N) is 4. The van der Waals surface area contributed by atoms with E-state index in [0.29, 0.717) is 16.6 Å². The van der Waals surface area contributed by atoms with Gasteiger partial charge in [-0.3, -0.25) is 9.48 Å². The highest BCUT2D eigenvalue weighted by atomic mass is 35.5. The number of aromatic amines is 1. The van der Waals surface area contributed by atoms with Crippen molar-refractivity contribution in [1.82, 2.24) is 20.0 Å². The Kier molecular flexibility index (Phi) is 5.12. The molecule has 3 rings (SSSR count). The van der Waals surface area contributed by atoms with Crippen molar-refractivity contribution < 1.29 is 9.72 Å². The molecular formula is C14H9Cl3N6O3. The maximum atomic E-state index is 12.1. The zero-order chi connectivity index (χ0) is 18.8. The number of nitro groups is 1. The second-order valence-corrected chi connectivity index (χ2v) is 6.34. The molecule has 0 aliphatic rings. The topological polar surface area (TPSA) is 119 Å². The van der Waals surface area contributed by atoms with Crippen LogP contribution in [0, 0.1) is 10.1 Å². The SMILES string of the molecule is O=C(Nc1nn(Cc2ccc(Cl)c(Cl)c2)cc1Cl)c1cc([N+](=O)[O-])[nH]n1. The van der Waals surface area contributed by atoms with E-state index in [0.717, 1.165) is 11.6 Å². The Morgan fingerprint density at radius 2 is 2.00 bits per heavy atom. The molecule has 0 radical (unpaired) electrons. The van der Waals surface area contributed by atoms with Gasteiger partial charge >= 0.3 is 5.82 Å². The summed E-state index contributed by atoms with van der Waals surface area (Å²) in [4.78, 5) is 22.0. The fourth-order valence-corrected chi connectivity index (χ4v) is 2.60. The molecule has 0 aliphatic heterocycles. The Bertz CT molecular complexity index is 1000. The van der Waals surface area contributed by atoms with Crippen LogP contribution in [-0.2, 0) is 6.54 Å². The summed E-state index contributed by atoms with van der Waals surface area (Å²) in [5.74, 6) is -0.982. The summed E-state index contributed by atoms with van der Waals surface area (Å²) in [6, 6.07) is 6.15. The molecule has 0 spiro atoms. The highest BCUT2D eigenvalue weighted by Gasteiger charge is 2.19. The van der Waals surface area contributed by atoms with Crippen molar-refractivity contribution in [3.05, 3.63) is 66.9 Å². The third-order valence-electron chi connectivity index (χ3n) is 3.27. The largest absolute Gasteiger partial charge is 0.358 e. The van der Waals surface area contributed by atoms with Crippen LogP contribution in [0.5, 0.6) is 0 Å². The lowest BCUT2D eigenvalue weighted by Crippen LogP contribution is -2.13. The summed E-state index contributed by atoms with van der Waals surface area (Å²) in [7, 11) is 0. The molecule has 26 heavy (non-hydrogen) atoms. The van der Waals surface area contributed by atoms with E-state index in [2.05, 4.69) is 20.6 Å². The number of aromatic nitrogens is 4. The molecule has 0 bridgehead atoms. The van der Waals surface area contributed by atoms with Crippen molar-refractivity contribution in [3.63, 3.8) is 0 Å². The Hall–Kier alpha value is -2.62. The van der Waals surface area contributed by atoms with Gasteiger partial charge in [0.25, 0.3) is 5.91 Å². The van der Waals surface area contributed by atoms with E-state index in [1.807, 2.05) is 0 Å². The normalized spacial score (nSPS) is 10.7. The van der Waals surface area contributed by atoms with Crippen LogP contribution in [0.25, 0.3) is 0 Å². The molecule has 1 aromatic carbocycles. The van der Waals surface area contributed by atoms with Gasteiger partial charge in [-0.05, 0) is 22.6 Å². The lowest BCUT2D eigenvalue weighted by Gasteiger charge is -2.03. The first kappa shape index (κ1) is 18.2. The number of H-pyrrole nitrogens is 1. The maximum absolute atomic E-state index is 12.1. The zero-order valence-electron chi connectivity index (χ0n) is 12.7. The average Bonchev–Trinajstić information content (AvgIpc) is 3.19. The first-order valence-electron chi connectivity index (χ1n) is 7.01. The molecule has 134 valence electrons. The van der Waals surface area contributed by atoms with Crippen molar-refractivity contribution in [2.75, 3.05) is 5.32 Å². The van der Waals surface area contributed by atoms with Gasteiger partial charge in [0.2, 0.25) is 0 Å². The van der Waals surface area contributed by atoms with Gasteiger partial charge in [-0.2, -0.15) is 5.10 Å². The molecule has 0 unspecified atom stereocenters. The van der Waals surface area contributed by atoms with Gasteiger partial charge < -0.3 is 15.4 Å². The number of halogens is 3. The van der Waals surface area contributed by atoms with Gasteiger partial charge in [-0.25, -0.2) is 0 Å². The quantitative estimate of drug-likeness (QED) is 0.485. The molecule has 0 atom stereocenters. The Balaban J connectivity index is 1.73. The van der Waals surface area contributed by atoms with Gasteiger partial charge in [0.15, 0.2) is 11.5 Å². The van der Waals surface area contributed by atoms with E-state index in [1.165, 1.54) is 10.9 Å². The lowest BCUT2D eigenvalue weighted by molar-refractivity contribution is -0.389. The fourth-order valence-electron chi connectivity index (χ4n) is 2.08. The van der Waals surface area contributed by atoms with Crippen LogP contribution in [0.15, 0.2) is 30.5 Å². The second-order valence-electron chi connectivity index (χ2n) is 5.12. The van der Waals surface area contributed by atoms with Crippen molar-refractivity contribution in [1.29, 1.82) is 0 Å². The van der Waals surface area contributed by atoms with Crippen LogP contribution in [0.3, 0.4) is 0 Å². The van der Waals surface area contributed by atoms with Crippen LogP contribution in [0.1, 0.15) is 16.1 Å². The molecule has 2 aromatic heterocycles. The van der Waals surface area contributed by atoms with Gasteiger partial charge in [0, 0.05) is 6.20 Å². The Labute approximate surface area is 161 Å². The smallest absolute Gasteiger partial charge is 0.343 e. The average molecular weight is 416 g/mol. The van der Waals surface area contributed by atoms with Crippen molar-refractivity contribution in [2.45, 2.75) is 6.54 Å². The van der Waals surface area contributed by atoms with Crippen LogP contribution in [0.4, 0.5) is 11.6 Å². The summed E-state index contributed by atoms with van der Waals surface area (Å²) in [6.07, 6.45) is 1.52. The van der Waals surface area contributed by atoms with Crippen molar-refractivity contribution in [3.8, 4) is 0 Å². The summed E-state index contributed by atoms with van der Waals surface area (Å²) in [5, 5.41) is 24.0. The third kappa shape index (κ3) is 3.96. The maximum Gasteiger partial charge on any atom is 0.343 e. The Morgan fingerprint density at radius 3 is 2.65 bits per heavy atom. The van der Waals surface area contributed by atoms with E-state index in [1.54, 1.807) is 18.2 Å². The van der Waals surface area contributed by atoms with Gasteiger partial charge in [0.1, 0.15) is 5.02 Å². The van der Waals surface area contributed by atoms with Crippen LogP contribution in [-0.4, -0.2) is 30.8 Å². The second kappa shape index (κ2) is 7.32. The molecule has 0 fully saturated rings. The first-order valence-corrected chi connectivity index (χ1v) is 8.15. The van der Waals surface area contributed by atoms with Crippen LogP contribution < -0.4 is 5.32 Å². The zero-order valence-corrected chi connectivity index (χ0v) is 15.0. The predicted molar refractivity (Wildman–Crippen MR) is 96.0 cm³/mol. The number of hydrogen-bond donors (Lipinski definition) is 2. The third-order valence-corrected chi connectivity index (χ3v) is 4.29. The number of benzene rings is 1. The van der Waals surface area contributed by atoms with Crippen molar-refractivity contribution in [2.24, 2.45) is 0 Å². The molecule has 2 N–H and O–H groups in total. The molecule has 1 amide bonds. The van der Waals surface area contributed by atoms with Crippen LogP contribution in [0.2, 0.25) is 15.1 Å². The monoisotopic (exact) mass is 414 g/mol. The molecule has 0 saturated carbocycles. The van der Waals surface area contributed by atoms with Gasteiger partial charge in [-0.1, -0.05) is 46.0 Å². The number of anilines is 1. The highest BCUT2D eigenvalue weighted by Crippen LogP contribution is 2.24. The molecule has 0 aliphatic carbocycles. The molecule has 0 saturated heterocycles. The van der Waals surface area contributed by atoms with Crippen molar-refractivity contribution >= 4 is 52.3 Å². The minimum absolute atomic E-state index is 0.0994. The summed E-state index contributed by atoms with van der Waals surface area (Å²) in [6.45, 7) is 0.348. The van der Waals surface area contributed by atoms with Gasteiger partial charge in [-0.15, -0.1) is 5.10 Å². The van der Waals surface area contributed by atoms with E-state index in [9.17, 15) is 14.9 Å². The minimum atomic E-state index is -0.692. The minimum Gasteiger partial charge on any atom is -0.358 e. The number of rotatable bonds is 5. The molecule has 12 heteroatoms. The van der Waals surface area contributed by atoms with Gasteiger partial charge in [0.05, 0.1) is 22.7 Å². The first-order chi connectivity index (χ1) is 12.3. The molecule has 2 heterocycles. The molecule has 3 aromatic rings. The van der Waals surface area contributed by atoms with E-state index < -0.39 is 16.6 Å². The molecular weight excluding hydrogens is 407 g/mol. The predicted octanol–water partition coefficient (Wildman–Crippen LogP) is 3.78. The number of nitrogens with one attached hydrogen (secondary N) is 2.